The number of methoxy groups -OCH3 is 2. The fourth-order valence-electron chi connectivity index (χ4n) is 2.42. The van der Waals surface area contributed by atoms with Gasteiger partial charge in [-0.3, -0.25) is 9.69 Å². The van der Waals surface area contributed by atoms with Gasteiger partial charge in [-0.2, -0.15) is 0 Å². The Labute approximate surface area is 163 Å². The van der Waals surface area contributed by atoms with Gasteiger partial charge in [0.25, 0.3) is 0 Å². The molecule has 0 unspecified atom stereocenters. The van der Waals surface area contributed by atoms with E-state index in [0.717, 1.165) is 11.3 Å². The highest BCUT2D eigenvalue weighted by Gasteiger charge is 2.20. The first kappa shape index (κ1) is 20.4. The van der Waals surface area contributed by atoms with Crippen LogP contribution in [-0.4, -0.2) is 38.1 Å². The van der Waals surface area contributed by atoms with Crippen molar-refractivity contribution in [2.45, 2.75) is 19.5 Å². The Morgan fingerprint density at radius 3 is 2.54 bits per heavy atom. The zero-order chi connectivity index (χ0) is 19.3. The van der Waals surface area contributed by atoms with E-state index < -0.39 is 6.04 Å². The topological polar surface area (TPSA) is 50.8 Å². The summed E-state index contributed by atoms with van der Waals surface area (Å²) >= 11 is 12.1. The minimum Gasteiger partial charge on any atom is -0.497 e. The zero-order valence-electron chi connectivity index (χ0n) is 15.2. The summed E-state index contributed by atoms with van der Waals surface area (Å²) in [7, 11) is 5.08. The predicted octanol–water partition coefficient (Wildman–Crippen LogP) is 4.47. The SMILES string of the molecule is COc1ccc(CN(C)[C@@H](C)C(=O)Nc2cc(Cl)ccc2Cl)c(OC)c1. The lowest BCUT2D eigenvalue weighted by Crippen LogP contribution is -2.39. The van der Waals surface area contributed by atoms with E-state index in [2.05, 4.69) is 5.32 Å². The first-order valence-electron chi connectivity index (χ1n) is 8.02. The molecule has 0 saturated heterocycles. The first-order chi connectivity index (χ1) is 12.3. The van der Waals surface area contributed by atoms with E-state index in [1.54, 1.807) is 32.4 Å². The van der Waals surface area contributed by atoms with Crippen LogP contribution >= 0.6 is 23.2 Å². The Kier molecular flexibility index (Phi) is 7.14. The van der Waals surface area contributed by atoms with Crippen LogP contribution in [0.1, 0.15) is 12.5 Å². The largest absolute Gasteiger partial charge is 0.497 e. The predicted molar refractivity (Wildman–Crippen MR) is 106 cm³/mol. The molecule has 0 bridgehead atoms. The molecule has 0 heterocycles. The van der Waals surface area contributed by atoms with E-state index in [4.69, 9.17) is 32.7 Å². The summed E-state index contributed by atoms with van der Waals surface area (Å²) in [4.78, 5) is 14.5. The number of carbonyl (C=O) groups is 1. The van der Waals surface area contributed by atoms with Crippen LogP contribution in [-0.2, 0) is 11.3 Å². The average Bonchev–Trinajstić information content (AvgIpc) is 2.64. The number of halogens is 2. The van der Waals surface area contributed by atoms with E-state index in [1.165, 1.54) is 0 Å². The Morgan fingerprint density at radius 1 is 1.15 bits per heavy atom. The molecular weight excluding hydrogens is 375 g/mol. The molecule has 7 heteroatoms. The van der Waals surface area contributed by atoms with Gasteiger partial charge in [0.05, 0.1) is 31.0 Å². The van der Waals surface area contributed by atoms with Gasteiger partial charge in [0.1, 0.15) is 11.5 Å². The summed E-state index contributed by atoms with van der Waals surface area (Å²) in [5.74, 6) is 1.25. The molecule has 2 aromatic rings. The lowest BCUT2D eigenvalue weighted by atomic mass is 10.1. The first-order valence-corrected chi connectivity index (χ1v) is 8.78. The highest BCUT2D eigenvalue weighted by Crippen LogP contribution is 2.27. The van der Waals surface area contributed by atoms with Gasteiger partial charge >= 0.3 is 0 Å². The second kappa shape index (κ2) is 9.12. The lowest BCUT2D eigenvalue weighted by Gasteiger charge is -2.25. The standard InChI is InChI=1S/C19H22Cl2N2O3/c1-12(19(24)22-17-9-14(20)6-8-16(17)21)23(2)11-13-5-7-15(25-3)10-18(13)26-4/h5-10,12H,11H2,1-4H3,(H,22,24)/t12-/m0/s1. The molecule has 5 nitrogen and oxygen atoms in total. The number of amides is 1. The van der Waals surface area contributed by atoms with Gasteiger partial charge in [-0.1, -0.05) is 29.3 Å². The van der Waals surface area contributed by atoms with Crippen LogP contribution in [0.2, 0.25) is 10.0 Å². The monoisotopic (exact) mass is 396 g/mol. The Balaban J connectivity index is 2.08. The van der Waals surface area contributed by atoms with Crippen molar-refractivity contribution in [1.29, 1.82) is 0 Å². The lowest BCUT2D eigenvalue weighted by molar-refractivity contribution is -0.120. The van der Waals surface area contributed by atoms with Gasteiger partial charge < -0.3 is 14.8 Å². The maximum Gasteiger partial charge on any atom is 0.241 e. The van der Waals surface area contributed by atoms with Gasteiger partial charge in [0, 0.05) is 23.2 Å². The number of rotatable bonds is 7. The zero-order valence-corrected chi connectivity index (χ0v) is 16.7. The van der Waals surface area contributed by atoms with Gasteiger partial charge in [-0.25, -0.2) is 0 Å². The highest BCUT2D eigenvalue weighted by molar-refractivity contribution is 6.35. The van der Waals surface area contributed by atoms with E-state index in [0.29, 0.717) is 28.0 Å². The molecule has 0 aliphatic heterocycles. The summed E-state index contributed by atoms with van der Waals surface area (Å²) in [6.45, 7) is 2.36. The number of hydrogen-bond acceptors (Lipinski definition) is 4. The third-order valence-corrected chi connectivity index (χ3v) is 4.71. The Hall–Kier alpha value is -1.95. The summed E-state index contributed by atoms with van der Waals surface area (Å²) < 4.78 is 10.6. The third-order valence-electron chi connectivity index (χ3n) is 4.14. The average molecular weight is 397 g/mol. The summed E-state index contributed by atoms with van der Waals surface area (Å²) in [5, 5.41) is 3.76. The van der Waals surface area contributed by atoms with Gasteiger partial charge in [-0.05, 0) is 38.2 Å². The third kappa shape index (κ3) is 5.04. The quantitative estimate of drug-likeness (QED) is 0.749. The number of carbonyl (C=O) groups excluding carboxylic acids is 1. The molecule has 0 aliphatic carbocycles. The Bertz CT molecular complexity index is 783. The van der Waals surface area contributed by atoms with E-state index in [1.807, 2.05) is 37.1 Å². The second-order valence-corrected chi connectivity index (χ2v) is 6.73. The van der Waals surface area contributed by atoms with Gasteiger partial charge in [0.2, 0.25) is 5.91 Å². The molecule has 0 aliphatic rings. The molecule has 0 radical (unpaired) electrons. The van der Waals surface area contributed by atoms with Crippen molar-refractivity contribution in [2.75, 3.05) is 26.6 Å². The fraction of sp³-hybridized carbons (Fsp3) is 0.316. The van der Waals surface area contributed by atoms with Crippen LogP contribution in [0.5, 0.6) is 11.5 Å². The number of anilines is 1. The molecule has 2 aromatic carbocycles. The van der Waals surface area contributed by atoms with Crippen LogP contribution in [0.15, 0.2) is 36.4 Å². The van der Waals surface area contributed by atoms with E-state index >= 15 is 0 Å². The minimum absolute atomic E-state index is 0.177. The number of nitrogens with one attached hydrogen (secondary N) is 1. The van der Waals surface area contributed by atoms with Crippen molar-refractivity contribution in [3.8, 4) is 11.5 Å². The number of benzene rings is 2. The molecule has 0 fully saturated rings. The normalized spacial score (nSPS) is 12.0. The number of hydrogen-bond donors (Lipinski definition) is 1. The maximum atomic E-state index is 12.6. The van der Waals surface area contributed by atoms with Crippen molar-refractivity contribution in [2.24, 2.45) is 0 Å². The smallest absolute Gasteiger partial charge is 0.241 e. The van der Waals surface area contributed by atoms with Crippen molar-refractivity contribution in [1.82, 2.24) is 4.90 Å². The molecule has 1 N–H and O–H groups in total. The van der Waals surface area contributed by atoms with Crippen molar-refractivity contribution < 1.29 is 14.3 Å². The molecule has 0 saturated carbocycles. The number of nitrogens with zero attached hydrogens (tertiary/aromatic N) is 1. The Morgan fingerprint density at radius 2 is 1.88 bits per heavy atom. The van der Waals surface area contributed by atoms with Crippen LogP contribution in [0.3, 0.4) is 0 Å². The molecule has 0 aromatic heterocycles. The number of likely N-dealkylation sites (N-methyl/N-ethyl adjacent to an activating group) is 1. The molecule has 26 heavy (non-hydrogen) atoms. The van der Waals surface area contributed by atoms with Crippen molar-refractivity contribution in [3.63, 3.8) is 0 Å². The summed E-state index contributed by atoms with van der Waals surface area (Å²) in [6, 6.07) is 10.2. The minimum atomic E-state index is -0.392. The van der Waals surface area contributed by atoms with Crippen LogP contribution in [0.25, 0.3) is 0 Å². The molecule has 1 atom stereocenters. The molecular formula is C19H22Cl2N2O3. The van der Waals surface area contributed by atoms with Gasteiger partial charge in [0.15, 0.2) is 0 Å². The van der Waals surface area contributed by atoms with Crippen molar-refractivity contribution in [3.05, 3.63) is 52.0 Å². The highest BCUT2D eigenvalue weighted by atomic mass is 35.5. The van der Waals surface area contributed by atoms with Gasteiger partial charge in [-0.15, -0.1) is 0 Å². The fourth-order valence-corrected chi connectivity index (χ4v) is 2.76. The summed E-state index contributed by atoms with van der Waals surface area (Å²) in [5.41, 5.74) is 1.45. The maximum absolute atomic E-state index is 12.6. The van der Waals surface area contributed by atoms with E-state index in [-0.39, 0.29) is 5.91 Å². The van der Waals surface area contributed by atoms with Crippen LogP contribution in [0.4, 0.5) is 5.69 Å². The van der Waals surface area contributed by atoms with Crippen LogP contribution < -0.4 is 14.8 Å². The molecule has 2 rings (SSSR count). The molecule has 0 spiro atoms. The van der Waals surface area contributed by atoms with E-state index in [9.17, 15) is 4.79 Å². The van der Waals surface area contributed by atoms with Crippen molar-refractivity contribution >= 4 is 34.8 Å². The molecule has 1 amide bonds. The molecule has 140 valence electrons. The number of ether oxygens (including phenoxy) is 2. The second-order valence-electron chi connectivity index (χ2n) is 5.88. The summed E-state index contributed by atoms with van der Waals surface area (Å²) in [6.07, 6.45) is 0. The van der Waals surface area contributed by atoms with Crippen LogP contribution in [0, 0.1) is 0 Å².